The number of nitrogens with two attached hydrogens (primary N) is 1. The van der Waals surface area contributed by atoms with Crippen LogP contribution >= 0.6 is 15.9 Å². The minimum absolute atomic E-state index is 0.497. The van der Waals surface area contributed by atoms with E-state index in [2.05, 4.69) is 15.9 Å². The molecule has 0 aliphatic carbocycles. The number of ether oxygens (including phenoxy) is 2. The van der Waals surface area contributed by atoms with Crippen molar-refractivity contribution < 1.29 is 9.47 Å². The maximum atomic E-state index is 5.82. The minimum Gasteiger partial charge on any atom is -0.492 e. The van der Waals surface area contributed by atoms with Gasteiger partial charge in [0.25, 0.3) is 0 Å². The average molecular weight is 322 g/mol. The van der Waals surface area contributed by atoms with Crippen molar-refractivity contribution in [3.63, 3.8) is 0 Å². The molecule has 0 bridgehead atoms. The lowest BCUT2D eigenvalue weighted by atomic mass is 10.2. The second-order valence-corrected chi connectivity index (χ2v) is 4.87. The van der Waals surface area contributed by atoms with Crippen molar-refractivity contribution in [3.05, 3.63) is 52.5 Å². The van der Waals surface area contributed by atoms with Crippen molar-refractivity contribution in [3.8, 4) is 11.5 Å². The van der Waals surface area contributed by atoms with E-state index in [1.54, 1.807) is 6.07 Å². The second-order valence-electron chi connectivity index (χ2n) is 4.01. The molecule has 0 saturated heterocycles. The van der Waals surface area contributed by atoms with E-state index in [9.17, 15) is 0 Å². The number of nitrogen functional groups attached to an aromatic ring is 1. The van der Waals surface area contributed by atoms with E-state index in [-0.39, 0.29) is 0 Å². The van der Waals surface area contributed by atoms with Gasteiger partial charge in [-0.2, -0.15) is 0 Å². The first kappa shape index (κ1) is 13.7. The standard InChI is InChI=1S/C15H16BrNO2/c1-2-18-15-9-12(7-8-14(15)17)19-10-11-5-3-4-6-13(11)16/h3-9H,2,10,17H2,1H3. The fraction of sp³-hybridized carbons (Fsp3) is 0.200. The molecule has 100 valence electrons. The molecule has 0 aliphatic heterocycles. The predicted molar refractivity (Wildman–Crippen MR) is 80.5 cm³/mol. The van der Waals surface area contributed by atoms with Crippen LogP contribution in [0, 0.1) is 0 Å². The average Bonchev–Trinajstić information content (AvgIpc) is 2.41. The molecule has 2 rings (SSSR count). The molecular formula is C15H16BrNO2. The molecule has 19 heavy (non-hydrogen) atoms. The summed E-state index contributed by atoms with van der Waals surface area (Å²) in [7, 11) is 0. The lowest BCUT2D eigenvalue weighted by molar-refractivity contribution is 0.299. The zero-order valence-corrected chi connectivity index (χ0v) is 12.3. The van der Waals surface area contributed by atoms with E-state index in [1.165, 1.54) is 0 Å². The molecule has 0 aliphatic rings. The maximum Gasteiger partial charge on any atom is 0.145 e. The van der Waals surface area contributed by atoms with E-state index in [0.717, 1.165) is 15.8 Å². The van der Waals surface area contributed by atoms with Crippen molar-refractivity contribution in [2.45, 2.75) is 13.5 Å². The number of hydrogen-bond donors (Lipinski definition) is 1. The van der Waals surface area contributed by atoms with Gasteiger partial charge in [-0.25, -0.2) is 0 Å². The van der Waals surface area contributed by atoms with Gasteiger partial charge >= 0.3 is 0 Å². The molecule has 0 saturated carbocycles. The summed E-state index contributed by atoms with van der Waals surface area (Å²) in [5.74, 6) is 1.40. The molecule has 0 unspecified atom stereocenters. The molecule has 0 atom stereocenters. The molecule has 3 nitrogen and oxygen atoms in total. The van der Waals surface area contributed by atoms with Crippen LogP contribution in [0.5, 0.6) is 11.5 Å². The fourth-order valence-corrected chi connectivity index (χ4v) is 2.06. The van der Waals surface area contributed by atoms with Gasteiger partial charge in [-0.15, -0.1) is 0 Å². The summed E-state index contributed by atoms with van der Waals surface area (Å²) >= 11 is 3.50. The van der Waals surface area contributed by atoms with Gasteiger partial charge in [-0.1, -0.05) is 34.1 Å². The zero-order chi connectivity index (χ0) is 13.7. The van der Waals surface area contributed by atoms with Crippen LogP contribution in [0.2, 0.25) is 0 Å². The van der Waals surface area contributed by atoms with E-state index in [0.29, 0.717) is 24.7 Å². The van der Waals surface area contributed by atoms with Crippen LogP contribution < -0.4 is 15.2 Å². The molecule has 0 radical (unpaired) electrons. The molecular weight excluding hydrogens is 306 g/mol. The van der Waals surface area contributed by atoms with E-state index < -0.39 is 0 Å². The lowest BCUT2D eigenvalue weighted by Gasteiger charge is -2.11. The molecule has 0 heterocycles. The predicted octanol–water partition coefficient (Wildman–Crippen LogP) is 4.01. The third-order valence-electron chi connectivity index (χ3n) is 2.64. The highest BCUT2D eigenvalue weighted by Gasteiger charge is 2.04. The molecule has 0 fully saturated rings. The Labute approximate surface area is 121 Å². The van der Waals surface area contributed by atoms with Crippen LogP contribution in [0.4, 0.5) is 5.69 Å². The summed E-state index contributed by atoms with van der Waals surface area (Å²) in [6.45, 7) is 3.00. The minimum atomic E-state index is 0.497. The van der Waals surface area contributed by atoms with E-state index in [1.807, 2.05) is 43.3 Å². The summed E-state index contributed by atoms with van der Waals surface area (Å²) in [5, 5.41) is 0. The molecule has 0 spiro atoms. The normalized spacial score (nSPS) is 10.2. The number of anilines is 1. The van der Waals surface area contributed by atoms with Crippen LogP contribution in [-0.2, 0) is 6.61 Å². The highest BCUT2D eigenvalue weighted by atomic mass is 79.9. The summed E-state index contributed by atoms with van der Waals surface area (Å²) in [5.41, 5.74) is 7.53. The van der Waals surface area contributed by atoms with Gasteiger partial charge in [-0.3, -0.25) is 0 Å². The Hall–Kier alpha value is -1.68. The number of hydrogen-bond acceptors (Lipinski definition) is 3. The van der Waals surface area contributed by atoms with Crippen molar-refractivity contribution in [1.82, 2.24) is 0 Å². The van der Waals surface area contributed by atoms with Gasteiger partial charge in [0.15, 0.2) is 0 Å². The Morgan fingerprint density at radius 2 is 1.89 bits per heavy atom. The Balaban J connectivity index is 2.07. The van der Waals surface area contributed by atoms with Gasteiger partial charge < -0.3 is 15.2 Å². The Morgan fingerprint density at radius 3 is 2.63 bits per heavy atom. The Kier molecular flexibility index (Phi) is 4.68. The second kappa shape index (κ2) is 6.48. The first-order valence-electron chi connectivity index (χ1n) is 6.09. The Bertz CT molecular complexity index is 558. The third-order valence-corrected chi connectivity index (χ3v) is 3.41. The SMILES string of the molecule is CCOc1cc(OCc2ccccc2Br)ccc1N. The van der Waals surface area contributed by atoms with Crippen LogP contribution in [0.25, 0.3) is 0 Å². The van der Waals surface area contributed by atoms with Crippen LogP contribution in [0.1, 0.15) is 12.5 Å². The van der Waals surface area contributed by atoms with E-state index >= 15 is 0 Å². The third kappa shape index (κ3) is 3.64. The molecule has 2 aromatic carbocycles. The lowest BCUT2D eigenvalue weighted by Crippen LogP contribution is -1.99. The number of rotatable bonds is 5. The summed E-state index contributed by atoms with van der Waals surface area (Å²) < 4.78 is 12.2. The van der Waals surface area contributed by atoms with Crippen molar-refractivity contribution >= 4 is 21.6 Å². The van der Waals surface area contributed by atoms with Gasteiger partial charge in [-0.05, 0) is 25.1 Å². The molecule has 2 aromatic rings. The van der Waals surface area contributed by atoms with E-state index in [4.69, 9.17) is 15.2 Å². The maximum absolute atomic E-state index is 5.82. The topological polar surface area (TPSA) is 44.5 Å². The monoisotopic (exact) mass is 321 g/mol. The highest BCUT2D eigenvalue weighted by molar-refractivity contribution is 9.10. The summed E-state index contributed by atoms with van der Waals surface area (Å²) in [6, 6.07) is 13.4. The van der Waals surface area contributed by atoms with Crippen LogP contribution in [-0.4, -0.2) is 6.61 Å². The smallest absolute Gasteiger partial charge is 0.145 e. The van der Waals surface area contributed by atoms with Crippen LogP contribution in [0.15, 0.2) is 46.9 Å². The van der Waals surface area contributed by atoms with Crippen molar-refractivity contribution in [1.29, 1.82) is 0 Å². The van der Waals surface area contributed by atoms with Crippen LogP contribution in [0.3, 0.4) is 0 Å². The molecule has 2 N–H and O–H groups in total. The summed E-state index contributed by atoms with van der Waals surface area (Å²) in [6.07, 6.45) is 0. The first-order valence-corrected chi connectivity index (χ1v) is 6.88. The van der Waals surface area contributed by atoms with Gasteiger partial charge in [0.05, 0.1) is 12.3 Å². The van der Waals surface area contributed by atoms with Gasteiger partial charge in [0, 0.05) is 16.1 Å². The van der Waals surface area contributed by atoms with Gasteiger partial charge in [0.1, 0.15) is 18.1 Å². The quantitative estimate of drug-likeness (QED) is 0.846. The molecule has 0 aromatic heterocycles. The van der Waals surface area contributed by atoms with Crippen molar-refractivity contribution in [2.75, 3.05) is 12.3 Å². The number of halogens is 1. The van der Waals surface area contributed by atoms with Crippen molar-refractivity contribution in [2.24, 2.45) is 0 Å². The fourth-order valence-electron chi connectivity index (χ4n) is 1.66. The Morgan fingerprint density at radius 1 is 1.11 bits per heavy atom. The highest BCUT2D eigenvalue weighted by Crippen LogP contribution is 2.28. The summed E-state index contributed by atoms with van der Waals surface area (Å²) in [4.78, 5) is 0. The van der Waals surface area contributed by atoms with Gasteiger partial charge in [0.2, 0.25) is 0 Å². The number of benzene rings is 2. The molecule has 4 heteroatoms. The first-order chi connectivity index (χ1) is 9.20. The zero-order valence-electron chi connectivity index (χ0n) is 10.7. The molecule has 0 amide bonds. The largest absolute Gasteiger partial charge is 0.492 e.